The van der Waals surface area contributed by atoms with E-state index in [9.17, 15) is 4.79 Å². The molecule has 1 N–H and O–H groups in total. The molecule has 0 spiro atoms. The molecular weight excluding hydrogens is 450 g/mol. The second kappa shape index (κ2) is 11.1. The van der Waals surface area contributed by atoms with E-state index in [1.807, 2.05) is 61.5 Å². The molecule has 1 unspecified atom stereocenters. The Hall–Kier alpha value is -3.51. The number of hydrogen-bond donors (Lipinski definition) is 1. The van der Waals surface area contributed by atoms with Crippen LogP contribution in [0.1, 0.15) is 30.8 Å². The number of para-hydroxylation sites is 2. The monoisotopic (exact) mass is 477 g/mol. The van der Waals surface area contributed by atoms with E-state index < -0.39 is 0 Å². The summed E-state index contributed by atoms with van der Waals surface area (Å²) in [5.41, 5.74) is 2.87. The molecule has 0 fully saturated rings. The molecule has 176 valence electrons. The van der Waals surface area contributed by atoms with E-state index in [1.54, 1.807) is 19.2 Å². The Balaban J connectivity index is 1.41. The normalized spacial score (nSPS) is 11.9. The van der Waals surface area contributed by atoms with E-state index in [0.29, 0.717) is 11.6 Å². The standard InChI is InChI=1S/C27H28ClN3O3/c1-19(29-26(32)18-20-8-10-21(28)11-9-20)27-30-24-6-3-4-7-25(24)31(27)16-5-17-34-23-14-12-22(33-2)13-15-23/h3-4,6-15,19H,5,16-18H2,1-2H3,(H,29,32). The third-order valence-electron chi connectivity index (χ3n) is 5.58. The predicted molar refractivity (Wildman–Crippen MR) is 135 cm³/mol. The molecule has 6 nitrogen and oxygen atoms in total. The summed E-state index contributed by atoms with van der Waals surface area (Å²) in [4.78, 5) is 17.5. The fourth-order valence-electron chi connectivity index (χ4n) is 3.89. The lowest BCUT2D eigenvalue weighted by Gasteiger charge is -2.17. The van der Waals surface area contributed by atoms with Gasteiger partial charge in [0.15, 0.2) is 0 Å². The molecule has 1 aromatic heterocycles. The summed E-state index contributed by atoms with van der Waals surface area (Å²) < 4.78 is 13.2. The van der Waals surface area contributed by atoms with Crippen LogP contribution >= 0.6 is 11.6 Å². The van der Waals surface area contributed by atoms with Crippen molar-refractivity contribution in [3.63, 3.8) is 0 Å². The number of rotatable bonds is 10. The van der Waals surface area contributed by atoms with Gasteiger partial charge in [0.1, 0.15) is 17.3 Å². The number of amides is 1. The van der Waals surface area contributed by atoms with Crippen LogP contribution in [0.15, 0.2) is 72.8 Å². The second-order valence-corrected chi connectivity index (χ2v) is 8.52. The van der Waals surface area contributed by atoms with Gasteiger partial charge in [-0.25, -0.2) is 4.98 Å². The lowest BCUT2D eigenvalue weighted by molar-refractivity contribution is -0.121. The van der Waals surface area contributed by atoms with Crippen LogP contribution in [0.2, 0.25) is 5.02 Å². The minimum absolute atomic E-state index is 0.0590. The van der Waals surface area contributed by atoms with Gasteiger partial charge in [-0.05, 0) is 67.4 Å². The first-order chi connectivity index (χ1) is 16.5. The third kappa shape index (κ3) is 5.88. The number of aryl methyl sites for hydroxylation is 1. The van der Waals surface area contributed by atoms with Gasteiger partial charge in [-0.2, -0.15) is 0 Å². The molecule has 3 aromatic carbocycles. The Bertz CT molecular complexity index is 1240. The lowest BCUT2D eigenvalue weighted by atomic mass is 10.1. The van der Waals surface area contributed by atoms with Crippen molar-refractivity contribution in [3.8, 4) is 11.5 Å². The molecule has 0 saturated carbocycles. The average Bonchev–Trinajstić information content (AvgIpc) is 3.22. The number of fused-ring (bicyclic) bond motifs is 1. The van der Waals surface area contributed by atoms with Gasteiger partial charge in [-0.1, -0.05) is 35.9 Å². The van der Waals surface area contributed by atoms with Crippen molar-refractivity contribution in [1.82, 2.24) is 14.9 Å². The van der Waals surface area contributed by atoms with Crippen molar-refractivity contribution in [2.75, 3.05) is 13.7 Å². The summed E-state index contributed by atoms with van der Waals surface area (Å²) in [6.07, 6.45) is 1.09. The van der Waals surface area contributed by atoms with Gasteiger partial charge >= 0.3 is 0 Å². The highest BCUT2D eigenvalue weighted by molar-refractivity contribution is 6.30. The highest BCUT2D eigenvalue weighted by atomic mass is 35.5. The summed E-state index contributed by atoms with van der Waals surface area (Å²) in [6.45, 7) is 3.25. The van der Waals surface area contributed by atoms with Gasteiger partial charge in [0, 0.05) is 11.6 Å². The minimum atomic E-state index is -0.241. The molecule has 1 amide bonds. The number of carbonyl (C=O) groups excluding carboxylic acids is 1. The van der Waals surface area contributed by atoms with Crippen LogP contribution in [0, 0.1) is 0 Å². The molecule has 4 aromatic rings. The van der Waals surface area contributed by atoms with E-state index >= 15 is 0 Å². The number of imidazole rings is 1. The molecule has 1 atom stereocenters. The molecule has 34 heavy (non-hydrogen) atoms. The van der Waals surface area contributed by atoms with Crippen LogP contribution in [-0.4, -0.2) is 29.2 Å². The van der Waals surface area contributed by atoms with Crippen LogP contribution in [0.25, 0.3) is 11.0 Å². The van der Waals surface area contributed by atoms with Gasteiger partial charge in [-0.15, -0.1) is 0 Å². The number of benzene rings is 3. The van der Waals surface area contributed by atoms with Gasteiger partial charge in [-0.3, -0.25) is 4.79 Å². The molecule has 0 bridgehead atoms. The molecule has 1 heterocycles. The zero-order valence-corrected chi connectivity index (χ0v) is 20.1. The van der Waals surface area contributed by atoms with Gasteiger partial charge in [0.25, 0.3) is 0 Å². The maximum atomic E-state index is 12.7. The number of ether oxygens (including phenoxy) is 2. The van der Waals surface area contributed by atoms with Crippen molar-refractivity contribution in [3.05, 3.63) is 89.2 Å². The van der Waals surface area contributed by atoms with Crippen LogP contribution in [0.3, 0.4) is 0 Å². The Morgan fingerprint density at radius 2 is 1.74 bits per heavy atom. The van der Waals surface area contributed by atoms with E-state index in [1.165, 1.54) is 0 Å². The summed E-state index contributed by atoms with van der Waals surface area (Å²) in [6, 6.07) is 22.7. The number of aromatic nitrogens is 2. The number of methoxy groups -OCH3 is 1. The van der Waals surface area contributed by atoms with Crippen molar-refractivity contribution < 1.29 is 14.3 Å². The fraction of sp³-hybridized carbons (Fsp3) is 0.259. The fourth-order valence-corrected chi connectivity index (χ4v) is 4.02. The van der Waals surface area contributed by atoms with Gasteiger partial charge < -0.3 is 19.4 Å². The first-order valence-corrected chi connectivity index (χ1v) is 11.7. The molecule has 0 aliphatic heterocycles. The van der Waals surface area contributed by atoms with Crippen molar-refractivity contribution in [2.45, 2.75) is 32.4 Å². The molecular formula is C27H28ClN3O3. The van der Waals surface area contributed by atoms with Gasteiger partial charge in [0.2, 0.25) is 5.91 Å². The summed E-state index contributed by atoms with van der Waals surface area (Å²) in [5, 5.41) is 3.74. The van der Waals surface area contributed by atoms with E-state index in [4.69, 9.17) is 26.1 Å². The molecule has 0 radical (unpaired) electrons. The summed E-state index contributed by atoms with van der Waals surface area (Å²) >= 11 is 5.94. The summed E-state index contributed by atoms with van der Waals surface area (Å²) in [7, 11) is 1.64. The van der Waals surface area contributed by atoms with Crippen LogP contribution in [-0.2, 0) is 17.8 Å². The molecule has 0 aliphatic rings. The van der Waals surface area contributed by atoms with Crippen LogP contribution < -0.4 is 14.8 Å². The number of nitrogens with one attached hydrogen (secondary N) is 1. The average molecular weight is 478 g/mol. The zero-order chi connectivity index (χ0) is 23.9. The van der Waals surface area contributed by atoms with E-state index in [-0.39, 0.29) is 18.4 Å². The number of halogens is 1. The molecule has 7 heteroatoms. The molecule has 0 aliphatic carbocycles. The van der Waals surface area contributed by atoms with Crippen molar-refractivity contribution in [2.24, 2.45) is 0 Å². The SMILES string of the molecule is COc1ccc(OCCCn2c(C(C)NC(=O)Cc3ccc(Cl)cc3)nc3ccccc32)cc1. The van der Waals surface area contributed by atoms with E-state index in [0.717, 1.165) is 46.9 Å². The first-order valence-electron chi connectivity index (χ1n) is 11.3. The topological polar surface area (TPSA) is 65.4 Å². The Kier molecular flexibility index (Phi) is 7.70. The Morgan fingerprint density at radius 3 is 2.47 bits per heavy atom. The maximum absolute atomic E-state index is 12.7. The summed E-state index contributed by atoms with van der Waals surface area (Å²) in [5.74, 6) is 2.37. The zero-order valence-electron chi connectivity index (χ0n) is 19.3. The minimum Gasteiger partial charge on any atom is -0.497 e. The number of carbonyl (C=O) groups is 1. The number of hydrogen-bond acceptors (Lipinski definition) is 4. The third-order valence-corrected chi connectivity index (χ3v) is 5.83. The van der Waals surface area contributed by atoms with Crippen molar-refractivity contribution in [1.29, 1.82) is 0 Å². The lowest BCUT2D eigenvalue weighted by Crippen LogP contribution is -2.30. The Morgan fingerprint density at radius 1 is 1.03 bits per heavy atom. The van der Waals surface area contributed by atoms with Gasteiger partial charge in [0.05, 0.1) is 37.2 Å². The largest absolute Gasteiger partial charge is 0.497 e. The second-order valence-electron chi connectivity index (χ2n) is 8.08. The Labute approximate surface area is 204 Å². The van der Waals surface area contributed by atoms with Crippen LogP contribution in [0.5, 0.6) is 11.5 Å². The molecule has 4 rings (SSSR count). The predicted octanol–water partition coefficient (Wildman–Crippen LogP) is 5.59. The maximum Gasteiger partial charge on any atom is 0.224 e. The smallest absolute Gasteiger partial charge is 0.224 e. The highest BCUT2D eigenvalue weighted by Crippen LogP contribution is 2.22. The highest BCUT2D eigenvalue weighted by Gasteiger charge is 2.18. The number of nitrogens with zero attached hydrogens (tertiary/aromatic N) is 2. The van der Waals surface area contributed by atoms with Crippen LogP contribution in [0.4, 0.5) is 0 Å². The van der Waals surface area contributed by atoms with E-state index in [2.05, 4.69) is 16.0 Å². The molecule has 0 saturated heterocycles. The first kappa shape index (κ1) is 23.6. The van der Waals surface area contributed by atoms with Crippen molar-refractivity contribution >= 4 is 28.5 Å². The quantitative estimate of drug-likeness (QED) is 0.302.